The lowest BCUT2D eigenvalue weighted by Crippen LogP contribution is -2.60. The monoisotopic (exact) mass is 481 g/mol. The van der Waals surface area contributed by atoms with E-state index in [-0.39, 0.29) is 23.2 Å². The van der Waals surface area contributed by atoms with E-state index in [1.165, 1.54) is 12.8 Å². The summed E-state index contributed by atoms with van der Waals surface area (Å²) in [5, 5.41) is 0. The standard InChI is InChI=1S/C28H39N3O4/c1-34-20-8-7-19(21(17-20)35-2)18-28(25(30)33)23-10-9-22(26(23)12-13-26)27(28,24(29)32)11-3-4-14-31-15-5-6-16-31/h7-10,17,22-23H,3-6,11-16,18H2,1-2H3,(H2,29,32)(H2,30,33)/t22-,23+,27+,28+/m1/s1. The molecule has 4 N–H and O–H groups in total. The van der Waals surface area contributed by atoms with E-state index >= 15 is 0 Å². The van der Waals surface area contributed by atoms with Crippen LogP contribution in [0.5, 0.6) is 11.5 Å². The Balaban J connectivity index is 1.54. The number of benzene rings is 1. The maximum absolute atomic E-state index is 13.6. The molecular formula is C28H39N3O4. The zero-order valence-electron chi connectivity index (χ0n) is 21.1. The highest BCUT2D eigenvalue weighted by Crippen LogP contribution is 2.81. The summed E-state index contributed by atoms with van der Waals surface area (Å²) in [7, 11) is 3.22. The predicted molar refractivity (Wildman–Crippen MR) is 134 cm³/mol. The fourth-order valence-corrected chi connectivity index (χ4v) is 8.08. The van der Waals surface area contributed by atoms with Crippen molar-refractivity contribution in [1.82, 2.24) is 4.90 Å². The van der Waals surface area contributed by atoms with Gasteiger partial charge in [-0.3, -0.25) is 9.59 Å². The molecule has 0 aromatic heterocycles. The molecule has 1 aliphatic heterocycles. The Hall–Kier alpha value is -2.54. The van der Waals surface area contributed by atoms with E-state index in [9.17, 15) is 9.59 Å². The van der Waals surface area contributed by atoms with Gasteiger partial charge in [0, 0.05) is 6.07 Å². The van der Waals surface area contributed by atoms with Crippen LogP contribution in [-0.2, 0) is 16.0 Å². The molecule has 7 nitrogen and oxygen atoms in total. The third-order valence-electron chi connectivity index (χ3n) is 9.76. The number of unbranched alkanes of at least 4 members (excludes halogenated alkanes) is 1. The molecule has 190 valence electrons. The highest BCUT2D eigenvalue weighted by atomic mass is 16.5. The summed E-state index contributed by atoms with van der Waals surface area (Å²) >= 11 is 0. The van der Waals surface area contributed by atoms with Gasteiger partial charge >= 0.3 is 0 Å². The first-order valence-electron chi connectivity index (χ1n) is 13.1. The fourth-order valence-electron chi connectivity index (χ4n) is 8.08. The zero-order chi connectivity index (χ0) is 24.8. The number of hydrogen-bond donors (Lipinski definition) is 2. The average molecular weight is 482 g/mol. The van der Waals surface area contributed by atoms with E-state index in [1.54, 1.807) is 14.2 Å². The van der Waals surface area contributed by atoms with Crippen LogP contribution in [0.3, 0.4) is 0 Å². The minimum absolute atomic E-state index is 0.0407. The molecule has 1 saturated heterocycles. The summed E-state index contributed by atoms with van der Waals surface area (Å²) < 4.78 is 11.1. The summed E-state index contributed by atoms with van der Waals surface area (Å²) in [6.07, 6.45) is 11.6. The minimum atomic E-state index is -1.08. The van der Waals surface area contributed by atoms with Crippen LogP contribution < -0.4 is 20.9 Å². The van der Waals surface area contributed by atoms with Crippen molar-refractivity contribution in [3.8, 4) is 11.5 Å². The second kappa shape index (κ2) is 8.84. The van der Waals surface area contributed by atoms with Crippen molar-refractivity contribution in [1.29, 1.82) is 0 Å². The number of methoxy groups -OCH3 is 2. The van der Waals surface area contributed by atoms with E-state index in [2.05, 4.69) is 17.1 Å². The van der Waals surface area contributed by atoms with Gasteiger partial charge in [0.1, 0.15) is 11.5 Å². The number of nitrogens with zero attached hydrogens (tertiary/aromatic N) is 1. The Morgan fingerprint density at radius 1 is 0.971 bits per heavy atom. The van der Waals surface area contributed by atoms with E-state index < -0.39 is 16.7 Å². The Kier molecular flexibility index (Phi) is 6.10. The SMILES string of the molecule is COc1ccc(C[C@@]2(C(N)=O)[C@H]3C=C[C@H](C34CC4)[C@@]2(CCCCN2CCCC2)C(N)=O)c(OC)c1. The summed E-state index contributed by atoms with van der Waals surface area (Å²) in [6, 6.07) is 5.61. The molecule has 3 aliphatic carbocycles. The number of nitrogens with two attached hydrogens (primary N) is 2. The van der Waals surface area contributed by atoms with Crippen molar-refractivity contribution in [2.24, 2.45) is 39.5 Å². The molecule has 3 fully saturated rings. The summed E-state index contributed by atoms with van der Waals surface area (Å²) in [5.74, 6) is 0.378. The maximum Gasteiger partial charge on any atom is 0.225 e. The molecule has 4 aliphatic rings. The first kappa shape index (κ1) is 24.2. The summed E-state index contributed by atoms with van der Waals surface area (Å²) in [6.45, 7) is 3.33. The van der Waals surface area contributed by atoms with E-state index in [4.69, 9.17) is 20.9 Å². The van der Waals surface area contributed by atoms with Gasteiger partial charge in [0.2, 0.25) is 11.8 Å². The van der Waals surface area contributed by atoms with Crippen LogP contribution in [0.2, 0.25) is 0 Å². The van der Waals surface area contributed by atoms with Crippen molar-refractivity contribution in [2.45, 2.75) is 51.4 Å². The number of carbonyl (C=O) groups excluding carboxylic acids is 2. The molecule has 0 unspecified atom stereocenters. The van der Waals surface area contributed by atoms with Gasteiger partial charge in [-0.2, -0.15) is 0 Å². The lowest BCUT2D eigenvalue weighted by Gasteiger charge is -2.48. The normalized spacial score (nSPS) is 32.3. The smallest absolute Gasteiger partial charge is 0.225 e. The Bertz CT molecular complexity index is 1030. The van der Waals surface area contributed by atoms with Crippen molar-refractivity contribution < 1.29 is 19.1 Å². The topological polar surface area (TPSA) is 108 Å². The molecule has 2 bridgehead atoms. The average Bonchev–Trinajstić information content (AvgIpc) is 3.21. The molecule has 1 spiro atoms. The van der Waals surface area contributed by atoms with Gasteiger partial charge < -0.3 is 25.8 Å². The number of amides is 2. The molecule has 0 radical (unpaired) electrons. The molecule has 2 saturated carbocycles. The van der Waals surface area contributed by atoms with E-state index in [0.29, 0.717) is 24.3 Å². The van der Waals surface area contributed by atoms with Crippen LogP contribution >= 0.6 is 0 Å². The van der Waals surface area contributed by atoms with E-state index in [0.717, 1.165) is 50.9 Å². The Morgan fingerprint density at radius 3 is 2.20 bits per heavy atom. The number of allylic oxidation sites excluding steroid dienone is 2. The number of primary amides is 2. The van der Waals surface area contributed by atoms with Crippen LogP contribution in [0.4, 0.5) is 0 Å². The molecular weight excluding hydrogens is 442 g/mol. The first-order valence-corrected chi connectivity index (χ1v) is 13.1. The lowest BCUT2D eigenvalue weighted by atomic mass is 9.53. The van der Waals surface area contributed by atoms with Crippen LogP contribution in [0.1, 0.15) is 50.5 Å². The zero-order valence-corrected chi connectivity index (χ0v) is 21.1. The van der Waals surface area contributed by atoms with Gasteiger partial charge in [-0.05, 0) is 93.5 Å². The van der Waals surface area contributed by atoms with Gasteiger partial charge in [0.15, 0.2) is 0 Å². The second-order valence-corrected chi connectivity index (χ2v) is 11.1. The highest BCUT2D eigenvalue weighted by Gasteiger charge is 2.81. The number of rotatable bonds is 11. The minimum Gasteiger partial charge on any atom is -0.497 e. The molecule has 1 heterocycles. The van der Waals surface area contributed by atoms with Crippen molar-refractivity contribution in [3.05, 3.63) is 35.9 Å². The Labute approximate surface area is 208 Å². The van der Waals surface area contributed by atoms with Crippen LogP contribution in [0.15, 0.2) is 30.4 Å². The van der Waals surface area contributed by atoms with Crippen molar-refractivity contribution in [2.75, 3.05) is 33.9 Å². The maximum atomic E-state index is 13.6. The summed E-state index contributed by atoms with van der Waals surface area (Å²) in [5.41, 5.74) is 11.3. The Morgan fingerprint density at radius 2 is 1.63 bits per heavy atom. The van der Waals surface area contributed by atoms with Crippen molar-refractivity contribution >= 4 is 11.8 Å². The van der Waals surface area contributed by atoms with Gasteiger partial charge in [-0.15, -0.1) is 0 Å². The molecule has 4 atom stereocenters. The van der Waals surface area contributed by atoms with Gasteiger partial charge in [-0.25, -0.2) is 0 Å². The second-order valence-electron chi connectivity index (χ2n) is 11.1. The molecule has 1 aromatic carbocycles. The van der Waals surface area contributed by atoms with E-state index in [1.807, 2.05) is 18.2 Å². The molecule has 7 heteroatoms. The first-order chi connectivity index (χ1) is 16.9. The van der Waals surface area contributed by atoms with Crippen LogP contribution in [0, 0.1) is 28.1 Å². The molecule has 5 rings (SSSR count). The predicted octanol–water partition coefficient (Wildman–Crippen LogP) is 3.05. The largest absolute Gasteiger partial charge is 0.497 e. The molecule has 35 heavy (non-hydrogen) atoms. The van der Waals surface area contributed by atoms with Crippen LogP contribution in [-0.4, -0.2) is 50.6 Å². The molecule has 1 aromatic rings. The highest BCUT2D eigenvalue weighted by molar-refractivity contribution is 5.95. The molecule has 2 amide bonds. The fraction of sp³-hybridized carbons (Fsp3) is 0.643. The van der Waals surface area contributed by atoms with Crippen molar-refractivity contribution in [3.63, 3.8) is 0 Å². The number of likely N-dealkylation sites (tertiary alicyclic amines) is 1. The third kappa shape index (κ3) is 3.41. The summed E-state index contributed by atoms with van der Waals surface area (Å²) in [4.78, 5) is 29.7. The van der Waals surface area contributed by atoms with Gasteiger partial charge in [0.05, 0.1) is 25.0 Å². The third-order valence-corrected chi connectivity index (χ3v) is 9.76. The number of hydrogen-bond acceptors (Lipinski definition) is 5. The van der Waals surface area contributed by atoms with Crippen LogP contribution in [0.25, 0.3) is 0 Å². The number of ether oxygens (including phenoxy) is 2. The van der Waals surface area contributed by atoms with Gasteiger partial charge in [-0.1, -0.05) is 24.6 Å². The van der Waals surface area contributed by atoms with Gasteiger partial charge in [0.25, 0.3) is 0 Å². The lowest BCUT2D eigenvalue weighted by molar-refractivity contribution is -0.151. The quantitative estimate of drug-likeness (QED) is 0.373. The number of carbonyl (C=O) groups is 2.